The molecule has 0 bridgehead atoms. The highest BCUT2D eigenvalue weighted by Gasteiger charge is 2.11. The third-order valence-electron chi connectivity index (χ3n) is 3.49. The highest BCUT2D eigenvalue weighted by molar-refractivity contribution is 7.14. The Labute approximate surface area is 150 Å². The number of hydrogen-bond donors (Lipinski definition) is 1. The van der Waals surface area contributed by atoms with E-state index in [-0.39, 0.29) is 12.5 Å². The van der Waals surface area contributed by atoms with Crippen molar-refractivity contribution in [3.8, 4) is 22.8 Å². The van der Waals surface area contributed by atoms with E-state index in [9.17, 15) is 4.79 Å². The van der Waals surface area contributed by atoms with Crippen LogP contribution in [0.15, 0.2) is 53.9 Å². The maximum absolute atomic E-state index is 12.0. The Hall–Kier alpha value is -2.86. The summed E-state index contributed by atoms with van der Waals surface area (Å²) in [6, 6.07) is 15.2. The number of methoxy groups -OCH3 is 1. The van der Waals surface area contributed by atoms with E-state index in [0.29, 0.717) is 10.9 Å². The van der Waals surface area contributed by atoms with Crippen molar-refractivity contribution in [3.63, 3.8) is 0 Å². The lowest BCUT2D eigenvalue weighted by molar-refractivity contribution is -0.118. The fourth-order valence-electron chi connectivity index (χ4n) is 2.32. The summed E-state index contributed by atoms with van der Waals surface area (Å²) in [4.78, 5) is 16.5. The molecule has 0 unspecified atom stereocenters. The maximum atomic E-state index is 12.0. The smallest absolute Gasteiger partial charge is 0.264 e. The van der Waals surface area contributed by atoms with Crippen LogP contribution in [-0.2, 0) is 4.79 Å². The summed E-state index contributed by atoms with van der Waals surface area (Å²) in [6.07, 6.45) is 0. The first kappa shape index (κ1) is 17.0. The lowest BCUT2D eigenvalue weighted by Crippen LogP contribution is -2.20. The molecule has 0 aliphatic carbocycles. The van der Waals surface area contributed by atoms with Gasteiger partial charge in [-0.15, -0.1) is 11.3 Å². The van der Waals surface area contributed by atoms with E-state index in [4.69, 9.17) is 9.47 Å². The quantitative estimate of drug-likeness (QED) is 0.722. The number of aromatic nitrogens is 1. The van der Waals surface area contributed by atoms with Crippen molar-refractivity contribution in [1.82, 2.24) is 4.98 Å². The van der Waals surface area contributed by atoms with E-state index < -0.39 is 0 Å². The minimum Gasteiger partial charge on any atom is -0.496 e. The molecular formula is C19H18N2O3S. The fourth-order valence-corrected chi connectivity index (χ4v) is 3.05. The predicted molar refractivity (Wildman–Crippen MR) is 99.4 cm³/mol. The first-order chi connectivity index (χ1) is 12.2. The third-order valence-corrected chi connectivity index (χ3v) is 4.25. The number of rotatable bonds is 6. The molecule has 0 fully saturated rings. The number of para-hydroxylation sites is 1. The number of anilines is 1. The topological polar surface area (TPSA) is 60.5 Å². The number of aryl methyl sites for hydroxylation is 1. The highest BCUT2D eigenvalue weighted by Crippen LogP contribution is 2.31. The molecule has 5 nitrogen and oxygen atoms in total. The van der Waals surface area contributed by atoms with E-state index >= 15 is 0 Å². The Balaban J connectivity index is 1.62. The largest absolute Gasteiger partial charge is 0.496 e. The van der Waals surface area contributed by atoms with E-state index in [1.165, 1.54) is 11.3 Å². The molecule has 0 aliphatic heterocycles. The molecule has 1 N–H and O–H groups in total. The predicted octanol–water partition coefficient (Wildman–Crippen LogP) is 4.14. The van der Waals surface area contributed by atoms with Crippen LogP contribution in [0.2, 0.25) is 0 Å². The Bertz CT molecular complexity index is 876. The molecule has 6 heteroatoms. The van der Waals surface area contributed by atoms with Crippen LogP contribution in [0, 0.1) is 6.92 Å². The van der Waals surface area contributed by atoms with E-state index in [1.54, 1.807) is 7.11 Å². The van der Waals surface area contributed by atoms with Crippen LogP contribution in [0.4, 0.5) is 5.13 Å². The van der Waals surface area contributed by atoms with Crippen LogP contribution in [0.25, 0.3) is 11.3 Å². The van der Waals surface area contributed by atoms with Crippen molar-refractivity contribution in [2.45, 2.75) is 6.92 Å². The average Bonchev–Trinajstić information content (AvgIpc) is 3.08. The second kappa shape index (κ2) is 7.81. The van der Waals surface area contributed by atoms with Gasteiger partial charge in [0.15, 0.2) is 11.7 Å². The number of benzene rings is 2. The van der Waals surface area contributed by atoms with Crippen LogP contribution in [-0.4, -0.2) is 24.6 Å². The molecule has 128 valence electrons. The molecule has 25 heavy (non-hydrogen) atoms. The molecule has 0 atom stereocenters. The zero-order valence-electron chi connectivity index (χ0n) is 14.0. The minimum atomic E-state index is -0.248. The number of nitrogens with one attached hydrogen (secondary N) is 1. The fraction of sp³-hybridized carbons (Fsp3) is 0.158. The Morgan fingerprint density at radius 1 is 1.20 bits per heavy atom. The summed E-state index contributed by atoms with van der Waals surface area (Å²) in [5.74, 6) is 1.17. The van der Waals surface area contributed by atoms with Gasteiger partial charge in [-0.1, -0.05) is 24.3 Å². The van der Waals surface area contributed by atoms with Gasteiger partial charge in [-0.3, -0.25) is 10.1 Å². The Morgan fingerprint density at radius 2 is 2.04 bits per heavy atom. The first-order valence-corrected chi connectivity index (χ1v) is 8.62. The third kappa shape index (κ3) is 4.36. The van der Waals surface area contributed by atoms with Gasteiger partial charge < -0.3 is 9.47 Å². The van der Waals surface area contributed by atoms with Gasteiger partial charge in [0.2, 0.25) is 0 Å². The van der Waals surface area contributed by atoms with Crippen molar-refractivity contribution in [2.75, 3.05) is 19.0 Å². The normalized spacial score (nSPS) is 10.3. The number of amides is 1. The van der Waals surface area contributed by atoms with E-state index in [1.807, 2.05) is 60.8 Å². The van der Waals surface area contributed by atoms with Crippen LogP contribution in [0.1, 0.15) is 5.56 Å². The number of hydrogen-bond acceptors (Lipinski definition) is 5. The SMILES string of the molecule is COc1ccccc1-c1csc(NC(=O)COc2cccc(C)c2)n1. The van der Waals surface area contributed by atoms with Gasteiger partial charge in [-0.2, -0.15) is 0 Å². The van der Waals surface area contributed by atoms with E-state index in [2.05, 4.69) is 10.3 Å². The van der Waals surface area contributed by atoms with Gasteiger partial charge in [0.1, 0.15) is 11.5 Å². The Kier molecular flexibility index (Phi) is 5.30. The van der Waals surface area contributed by atoms with Crippen LogP contribution >= 0.6 is 11.3 Å². The van der Waals surface area contributed by atoms with Crippen molar-refractivity contribution in [2.24, 2.45) is 0 Å². The summed E-state index contributed by atoms with van der Waals surface area (Å²) in [5, 5.41) is 5.17. The molecule has 3 rings (SSSR count). The molecule has 3 aromatic rings. The van der Waals surface area contributed by atoms with Crippen molar-refractivity contribution >= 4 is 22.4 Å². The monoisotopic (exact) mass is 354 g/mol. The van der Waals surface area contributed by atoms with Gasteiger partial charge in [0, 0.05) is 10.9 Å². The molecule has 0 spiro atoms. The minimum absolute atomic E-state index is 0.0625. The summed E-state index contributed by atoms with van der Waals surface area (Å²) >= 11 is 1.36. The van der Waals surface area contributed by atoms with Crippen LogP contribution in [0.5, 0.6) is 11.5 Å². The molecule has 0 saturated heterocycles. The summed E-state index contributed by atoms with van der Waals surface area (Å²) < 4.78 is 10.8. The van der Waals surface area contributed by atoms with Gasteiger partial charge in [0.05, 0.1) is 12.8 Å². The lowest BCUT2D eigenvalue weighted by atomic mass is 10.1. The van der Waals surface area contributed by atoms with Crippen LogP contribution < -0.4 is 14.8 Å². The molecule has 2 aromatic carbocycles. The molecule has 1 aromatic heterocycles. The van der Waals surface area contributed by atoms with Gasteiger partial charge in [0.25, 0.3) is 5.91 Å². The molecule has 1 amide bonds. The number of carbonyl (C=O) groups is 1. The zero-order chi connectivity index (χ0) is 17.6. The second-order valence-corrected chi connectivity index (χ2v) is 6.25. The molecule has 0 saturated carbocycles. The summed E-state index contributed by atoms with van der Waals surface area (Å²) in [7, 11) is 1.62. The van der Waals surface area contributed by atoms with Crippen LogP contribution in [0.3, 0.4) is 0 Å². The lowest BCUT2D eigenvalue weighted by Gasteiger charge is -2.06. The Morgan fingerprint density at radius 3 is 2.84 bits per heavy atom. The summed E-state index contributed by atoms with van der Waals surface area (Å²) in [5.41, 5.74) is 2.73. The number of nitrogens with zero attached hydrogens (tertiary/aromatic N) is 1. The molecule has 1 heterocycles. The summed E-state index contributed by atoms with van der Waals surface area (Å²) in [6.45, 7) is 1.91. The zero-order valence-corrected chi connectivity index (χ0v) is 14.8. The van der Waals surface area contributed by atoms with Crippen molar-refractivity contribution in [3.05, 3.63) is 59.5 Å². The number of ether oxygens (including phenoxy) is 2. The van der Waals surface area contributed by atoms with E-state index in [0.717, 1.165) is 22.6 Å². The molecular weight excluding hydrogens is 336 g/mol. The highest BCUT2D eigenvalue weighted by atomic mass is 32.1. The molecule has 0 radical (unpaired) electrons. The van der Waals surface area contributed by atoms with Gasteiger partial charge in [-0.25, -0.2) is 4.98 Å². The van der Waals surface area contributed by atoms with Gasteiger partial charge >= 0.3 is 0 Å². The molecule has 0 aliphatic rings. The first-order valence-electron chi connectivity index (χ1n) is 7.74. The average molecular weight is 354 g/mol. The number of thiazole rings is 1. The van der Waals surface area contributed by atoms with Crippen molar-refractivity contribution in [1.29, 1.82) is 0 Å². The standard InChI is InChI=1S/C19H18N2O3S/c1-13-6-5-7-14(10-13)24-11-18(22)21-19-20-16(12-25-19)15-8-3-4-9-17(15)23-2/h3-10,12H,11H2,1-2H3,(H,20,21,22). The number of carbonyl (C=O) groups excluding carboxylic acids is 1. The van der Waals surface area contributed by atoms with Crippen molar-refractivity contribution < 1.29 is 14.3 Å². The second-order valence-electron chi connectivity index (χ2n) is 5.39. The maximum Gasteiger partial charge on any atom is 0.264 e. The van der Waals surface area contributed by atoms with Gasteiger partial charge in [-0.05, 0) is 36.8 Å².